The number of hydrogen-bond donors (Lipinski definition) is 1. The second-order valence-electron chi connectivity index (χ2n) is 9.55. The van der Waals surface area contributed by atoms with Gasteiger partial charge in [0.25, 0.3) is 0 Å². The standard InChI is InChI=1S/C25H34N6O.C3H8/c1-4-19(2)14-22(21-6-5-8-27-23(21)15-20-16-30(17-20)18-32)25-28-24(7-11-29(25)3)31-12-9-26-10-13-31;1-3-2/h5-8,11,14,18,20,26H,4,9-10,12-13,15-17H2,1-3H3;3H2,1-2H3/b19-14?,25-22+;. The summed E-state index contributed by atoms with van der Waals surface area (Å²) in [6.45, 7) is 14.1. The van der Waals surface area contributed by atoms with E-state index in [-0.39, 0.29) is 0 Å². The fourth-order valence-corrected chi connectivity index (χ4v) is 4.35. The maximum atomic E-state index is 11.0. The predicted molar refractivity (Wildman–Crippen MR) is 145 cm³/mol. The fraction of sp³-hybridized carbons (Fsp3) is 0.536. The molecule has 7 heteroatoms. The number of carbonyl (C=O) groups excluding carboxylic acids is 1. The Morgan fingerprint density at radius 3 is 2.57 bits per heavy atom. The number of aliphatic imine (C=N–C) groups is 1. The molecule has 0 unspecified atom stereocenters. The van der Waals surface area contributed by atoms with E-state index in [0.29, 0.717) is 5.92 Å². The second kappa shape index (κ2) is 13.2. The molecule has 0 saturated carbocycles. The number of hydrogen-bond acceptors (Lipinski definition) is 6. The molecule has 3 aliphatic rings. The molecule has 3 aliphatic heterocycles. The highest BCUT2D eigenvalue weighted by atomic mass is 16.1. The summed E-state index contributed by atoms with van der Waals surface area (Å²) in [5, 5.41) is 3.41. The lowest BCUT2D eigenvalue weighted by molar-refractivity contribution is -0.123. The van der Waals surface area contributed by atoms with E-state index in [1.807, 2.05) is 17.2 Å². The van der Waals surface area contributed by atoms with E-state index in [9.17, 15) is 4.79 Å². The van der Waals surface area contributed by atoms with Crippen molar-refractivity contribution in [3.63, 3.8) is 0 Å². The number of amides is 1. The third-order valence-corrected chi connectivity index (χ3v) is 6.43. The van der Waals surface area contributed by atoms with Crippen molar-refractivity contribution in [1.82, 2.24) is 25.0 Å². The van der Waals surface area contributed by atoms with Gasteiger partial charge in [-0.25, -0.2) is 4.99 Å². The van der Waals surface area contributed by atoms with E-state index in [4.69, 9.17) is 9.98 Å². The monoisotopic (exact) mass is 478 g/mol. The number of amidine groups is 1. The molecular formula is C28H42N6O. The normalized spacial score (nSPS) is 20.1. The van der Waals surface area contributed by atoms with Gasteiger partial charge in [-0.1, -0.05) is 44.9 Å². The molecule has 190 valence electrons. The maximum Gasteiger partial charge on any atom is 0.209 e. The van der Waals surface area contributed by atoms with Gasteiger partial charge in [0.15, 0.2) is 0 Å². The Hall–Kier alpha value is -2.93. The fourth-order valence-electron chi connectivity index (χ4n) is 4.35. The summed E-state index contributed by atoms with van der Waals surface area (Å²) in [7, 11) is 2.06. The van der Waals surface area contributed by atoms with Crippen LogP contribution in [0.15, 0.2) is 53.1 Å². The number of aromatic nitrogens is 1. The van der Waals surface area contributed by atoms with E-state index in [1.54, 1.807) is 0 Å². The first kappa shape index (κ1) is 26.7. The van der Waals surface area contributed by atoms with Crippen LogP contribution in [0.3, 0.4) is 0 Å². The van der Waals surface area contributed by atoms with Crippen molar-refractivity contribution >= 4 is 17.8 Å². The SMILES string of the molecule is CCC.CCC(C)=C/C(=C1/N=C(N2CCNCC2)C=CN1C)c1cccnc1CC1CN(C=O)C1. The molecule has 0 aliphatic carbocycles. The number of piperazine rings is 1. The Kier molecular flexibility index (Phi) is 10.1. The Bertz CT molecular complexity index is 967. The third kappa shape index (κ3) is 7.04. The minimum atomic E-state index is 0.459. The zero-order chi connectivity index (χ0) is 25.2. The lowest BCUT2D eigenvalue weighted by Gasteiger charge is -2.36. The van der Waals surface area contributed by atoms with Crippen molar-refractivity contribution in [3.8, 4) is 0 Å². The Morgan fingerprint density at radius 2 is 1.91 bits per heavy atom. The van der Waals surface area contributed by atoms with Crippen molar-refractivity contribution in [3.05, 3.63) is 59.3 Å². The largest absolute Gasteiger partial charge is 0.354 e. The summed E-state index contributed by atoms with van der Waals surface area (Å²) in [6, 6.07) is 4.17. The quantitative estimate of drug-likeness (QED) is 0.628. The van der Waals surface area contributed by atoms with Gasteiger partial charge < -0.3 is 20.0 Å². The van der Waals surface area contributed by atoms with E-state index in [1.165, 1.54) is 12.0 Å². The second-order valence-corrected chi connectivity index (χ2v) is 9.55. The summed E-state index contributed by atoms with van der Waals surface area (Å²) < 4.78 is 0. The first-order chi connectivity index (χ1) is 17.0. The van der Waals surface area contributed by atoms with Crippen LogP contribution in [0, 0.1) is 5.92 Å². The van der Waals surface area contributed by atoms with Crippen LogP contribution in [-0.4, -0.2) is 78.2 Å². The number of nitrogens with one attached hydrogen (secondary N) is 1. The molecule has 0 aromatic carbocycles. The highest BCUT2D eigenvalue weighted by Crippen LogP contribution is 2.31. The third-order valence-electron chi connectivity index (χ3n) is 6.43. The van der Waals surface area contributed by atoms with Crippen molar-refractivity contribution in [2.24, 2.45) is 10.9 Å². The van der Waals surface area contributed by atoms with Crippen LogP contribution in [0.2, 0.25) is 0 Å². The number of allylic oxidation sites excluding steroid dienone is 3. The lowest BCUT2D eigenvalue weighted by atomic mass is 9.90. The van der Waals surface area contributed by atoms with Crippen molar-refractivity contribution in [2.45, 2.75) is 47.0 Å². The Labute approximate surface area is 211 Å². The average molecular weight is 479 g/mol. The minimum Gasteiger partial charge on any atom is -0.354 e. The highest BCUT2D eigenvalue weighted by molar-refractivity contribution is 5.96. The van der Waals surface area contributed by atoms with Crippen LogP contribution in [0.1, 0.15) is 51.8 Å². The van der Waals surface area contributed by atoms with Gasteiger partial charge in [-0.3, -0.25) is 9.78 Å². The minimum absolute atomic E-state index is 0.459. The van der Waals surface area contributed by atoms with E-state index in [2.05, 4.69) is 74.3 Å². The molecular weight excluding hydrogens is 436 g/mol. The van der Waals surface area contributed by atoms with Crippen LogP contribution in [0.4, 0.5) is 0 Å². The molecule has 0 atom stereocenters. The summed E-state index contributed by atoms with van der Waals surface area (Å²) in [5.74, 6) is 2.43. The summed E-state index contributed by atoms with van der Waals surface area (Å²) in [5.41, 5.74) is 4.62. The lowest BCUT2D eigenvalue weighted by Crippen LogP contribution is -2.46. The van der Waals surface area contributed by atoms with Crippen molar-refractivity contribution < 1.29 is 4.79 Å². The summed E-state index contributed by atoms with van der Waals surface area (Å²) in [4.78, 5) is 27.1. The molecule has 1 aromatic rings. The zero-order valence-electron chi connectivity index (χ0n) is 22.1. The molecule has 7 nitrogen and oxygen atoms in total. The molecule has 2 fully saturated rings. The summed E-state index contributed by atoms with van der Waals surface area (Å²) >= 11 is 0. The zero-order valence-corrected chi connectivity index (χ0v) is 22.1. The molecule has 4 heterocycles. The molecule has 2 saturated heterocycles. The van der Waals surface area contributed by atoms with Crippen LogP contribution in [-0.2, 0) is 11.2 Å². The maximum absolute atomic E-state index is 11.0. The topological polar surface area (TPSA) is 64.1 Å². The molecule has 0 spiro atoms. The Balaban J connectivity index is 0.00000108. The van der Waals surface area contributed by atoms with E-state index in [0.717, 1.165) is 87.0 Å². The first-order valence-corrected chi connectivity index (χ1v) is 13.0. The number of pyridine rings is 1. The molecule has 0 bridgehead atoms. The number of likely N-dealkylation sites (tertiary alicyclic amines) is 1. The van der Waals surface area contributed by atoms with Gasteiger partial charge in [-0.15, -0.1) is 0 Å². The van der Waals surface area contributed by atoms with E-state index < -0.39 is 0 Å². The van der Waals surface area contributed by atoms with Gasteiger partial charge in [-0.05, 0) is 37.8 Å². The van der Waals surface area contributed by atoms with Gasteiger partial charge in [0.2, 0.25) is 6.41 Å². The molecule has 1 aromatic heterocycles. The number of rotatable bonds is 6. The number of nitrogens with zero attached hydrogens (tertiary/aromatic N) is 5. The highest BCUT2D eigenvalue weighted by Gasteiger charge is 2.28. The van der Waals surface area contributed by atoms with Gasteiger partial charge in [0.1, 0.15) is 11.7 Å². The predicted octanol–water partition coefficient (Wildman–Crippen LogP) is 3.92. The van der Waals surface area contributed by atoms with Gasteiger partial charge in [0.05, 0.1) is 0 Å². The van der Waals surface area contributed by atoms with Crippen molar-refractivity contribution in [1.29, 1.82) is 0 Å². The Morgan fingerprint density at radius 1 is 1.20 bits per heavy atom. The molecule has 1 N–H and O–H groups in total. The van der Waals surface area contributed by atoms with Gasteiger partial charge in [0, 0.05) is 75.5 Å². The molecule has 4 rings (SSSR count). The van der Waals surface area contributed by atoms with Crippen LogP contribution < -0.4 is 5.32 Å². The first-order valence-electron chi connectivity index (χ1n) is 13.0. The smallest absolute Gasteiger partial charge is 0.209 e. The molecule has 0 radical (unpaired) electrons. The summed E-state index contributed by atoms with van der Waals surface area (Å²) in [6.07, 6.45) is 12.4. The van der Waals surface area contributed by atoms with Crippen LogP contribution in [0.5, 0.6) is 0 Å². The molecule has 1 amide bonds. The van der Waals surface area contributed by atoms with E-state index >= 15 is 0 Å². The van der Waals surface area contributed by atoms with Gasteiger partial charge >= 0.3 is 0 Å². The van der Waals surface area contributed by atoms with Gasteiger partial charge in [-0.2, -0.15) is 0 Å². The van der Waals surface area contributed by atoms with Crippen molar-refractivity contribution in [2.75, 3.05) is 46.3 Å². The average Bonchev–Trinajstić information content (AvgIpc) is 2.86. The number of carbonyl (C=O) groups is 1. The van der Waals surface area contributed by atoms with Crippen LogP contribution >= 0.6 is 0 Å². The van der Waals surface area contributed by atoms with Crippen LogP contribution in [0.25, 0.3) is 5.57 Å². The molecule has 35 heavy (non-hydrogen) atoms.